The average molecular weight is 216 g/mol. The van der Waals surface area contributed by atoms with Crippen LogP contribution < -0.4 is 0 Å². The van der Waals surface area contributed by atoms with Crippen LogP contribution in [0.3, 0.4) is 0 Å². The van der Waals surface area contributed by atoms with Crippen molar-refractivity contribution in [1.82, 2.24) is 0 Å². The molecule has 0 fully saturated rings. The monoisotopic (exact) mass is 216 g/mol. The van der Waals surface area contributed by atoms with Crippen molar-refractivity contribution in [3.63, 3.8) is 0 Å². The van der Waals surface area contributed by atoms with Gasteiger partial charge in [-0.25, -0.2) is 4.79 Å². The van der Waals surface area contributed by atoms with Gasteiger partial charge in [-0.15, -0.1) is 0 Å². The minimum atomic E-state index is -0.425. The topological polar surface area (TPSA) is 39.4 Å². The molecule has 0 spiro atoms. The van der Waals surface area contributed by atoms with E-state index in [9.17, 15) is 4.79 Å². The molecule has 1 aromatic carbocycles. The van der Waals surface area contributed by atoms with Crippen molar-refractivity contribution in [1.29, 1.82) is 0 Å². The Labute approximate surface area is 93.7 Å². The van der Waals surface area contributed by atoms with E-state index < -0.39 is 5.97 Å². The Morgan fingerprint density at radius 3 is 2.62 bits per heavy atom. The van der Waals surface area contributed by atoms with Gasteiger partial charge in [0.2, 0.25) is 5.76 Å². The van der Waals surface area contributed by atoms with Crippen molar-refractivity contribution in [2.75, 3.05) is 0 Å². The molecule has 0 radical (unpaired) electrons. The van der Waals surface area contributed by atoms with Crippen LogP contribution in [0.5, 0.6) is 0 Å². The van der Waals surface area contributed by atoms with Crippen LogP contribution in [0.25, 0.3) is 0 Å². The first-order valence-corrected chi connectivity index (χ1v) is 5.02. The van der Waals surface area contributed by atoms with Crippen LogP contribution in [-0.4, -0.2) is 5.97 Å². The molecule has 0 atom stereocenters. The summed E-state index contributed by atoms with van der Waals surface area (Å²) < 4.78 is 10.2. The second kappa shape index (κ2) is 4.66. The lowest BCUT2D eigenvalue weighted by Crippen LogP contribution is -2.05. The second-order valence-corrected chi connectivity index (χ2v) is 3.49. The maximum absolute atomic E-state index is 11.6. The number of esters is 1. The molecule has 0 aliphatic heterocycles. The molecule has 1 aromatic heterocycles. The third kappa shape index (κ3) is 2.31. The summed E-state index contributed by atoms with van der Waals surface area (Å²) >= 11 is 0. The van der Waals surface area contributed by atoms with Crippen LogP contribution >= 0.6 is 0 Å². The first-order chi connectivity index (χ1) is 7.77. The molecule has 0 saturated heterocycles. The maximum atomic E-state index is 11.6. The Bertz CT molecular complexity index is 471. The number of hydrogen-bond donors (Lipinski definition) is 0. The summed E-state index contributed by atoms with van der Waals surface area (Å²) in [5.74, 6) is -0.151. The van der Waals surface area contributed by atoms with Gasteiger partial charge in [0.15, 0.2) is 0 Å². The highest BCUT2D eigenvalue weighted by atomic mass is 16.5. The van der Waals surface area contributed by atoms with Gasteiger partial charge in [0.1, 0.15) is 6.61 Å². The van der Waals surface area contributed by atoms with E-state index >= 15 is 0 Å². The molecule has 0 unspecified atom stereocenters. The molecule has 2 rings (SSSR count). The van der Waals surface area contributed by atoms with Gasteiger partial charge in [0, 0.05) is 5.56 Å². The number of ether oxygens (including phenoxy) is 1. The van der Waals surface area contributed by atoms with Crippen LogP contribution in [0.1, 0.15) is 21.7 Å². The number of benzene rings is 1. The summed E-state index contributed by atoms with van der Waals surface area (Å²) in [7, 11) is 0. The molecule has 16 heavy (non-hydrogen) atoms. The van der Waals surface area contributed by atoms with Crippen molar-refractivity contribution < 1.29 is 13.9 Å². The largest absolute Gasteiger partial charge is 0.457 e. The summed E-state index contributed by atoms with van der Waals surface area (Å²) in [6.45, 7) is 2.07. The van der Waals surface area contributed by atoms with Crippen LogP contribution in [0, 0.1) is 6.92 Å². The van der Waals surface area contributed by atoms with E-state index in [0.717, 1.165) is 11.1 Å². The van der Waals surface area contributed by atoms with Crippen LogP contribution in [-0.2, 0) is 11.3 Å². The Morgan fingerprint density at radius 2 is 2.00 bits per heavy atom. The van der Waals surface area contributed by atoms with Crippen molar-refractivity contribution >= 4 is 5.97 Å². The fraction of sp³-hybridized carbons (Fsp3) is 0.154. The highest BCUT2D eigenvalue weighted by molar-refractivity contribution is 5.87. The van der Waals surface area contributed by atoms with E-state index in [2.05, 4.69) is 0 Å². The number of aryl methyl sites for hydroxylation is 1. The smallest absolute Gasteiger partial charge is 0.374 e. The number of furan rings is 1. The zero-order valence-corrected chi connectivity index (χ0v) is 8.97. The van der Waals surface area contributed by atoms with Gasteiger partial charge in [0.05, 0.1) is 6.26 Å². The average Bonchev–Trinajstić information content (AvgIpc) is 2.74. The second-order valence-electron chi connectivity index (χ2n) is 3.49. The zero-order chi connectivity index (χ0) is 11.4. The predicted octanol–water partition coefficient (Wildman–Crippen LogP) is 2.95. The van der Waals surface area contributed by atoms with E-state index in [4.69, 9.17) is 9.15 Å². The molecule has 82 valence electrons. The lowest BCUT2D eigenvalue weighted by atomic mass is 10.2. The first-order valence-electron chi connectivity index (χ1n) is 5.02. The summed E-state index contributed by atoms with van der Waals surface area (Å²) in [6.07, 6.45) is 1.48. The minimum Gasteiger partial charge on any atom is -0.457 e. The number of rotatable bonds is 3. The van der Waals surface area contributed by atoms with Gasteiger partial charge in [-0.1, -0.05) is 30.3 Å². The lowest BCUT2D eigenvalue weighted by molar-refractivity contribution is 0.0435. The zero-order valence-electron chi connectivity index (χ0n) is 8.97. The van der Waals surface area contributed by atoms with E-state index in [1.807, 2.05) is 37.3 Å². The first kappa shape index (κ1) is 10.5. The molecule has 0 aliphatic rings. The molecule has 0 aliphatic carbocycles. The summed E-state index contributed by atoms with van der Waals surface area (Å²) in [4.78, 5) is 11.6. The Kier molecular flexibility index (Phi) is 3.05. The quantitative estimate of drug-likeness (QED) is 0.740. The van der Waals surface area contributed by atoms with Crippen molar-refractivity contribution in [3.05, 3.63) is 59.5 Å². The standard InChI is InChI=1S/C13H12O3/c1-10-7-8-15-12(10)13(14)16-9-11-5-3-2-4-6-11/h2-8H,9H2,1H3. The molecule has 3 nitrogen and oxygen atoms in total. The molecule has 2 aromatic rings. The minimum absolute atomic E-state index is 0.264. The van der Waals surface area contributed by atoms with Crippen molar-refractivity contribution in [3.8, 4) is 0 Å². The maximum Gasteiger partial charge on any atom is 0.374 e. The normalized spacial score (nSPS) is 10.1. The fourth-order valence-corrected chi connectivity index (χ4v) is 1.37. The predicted molar refractivity (Wildman–Crippen MR) is 59.0 cm³/mol. The summed E-state index contributed by atoms with van der Waals surface area (Å²) in [5.41, 5.74) is 1.75. The third-order valence-electron chi connectivity index (χ3n) is 2.26. The van der Waals surface area contributed by atoms with Gasteiger partial charge in [0.25, 0.3) is 0 Å². The van der Waals surface area contributed by atoms with Crippen LogP contribution in [0.15, 0.2) is 47.1 Å². The van der Waals surface area contributed by atoms with E-state index in [1.165, 1.54) is 6.26 Å². The highest BCUT2D eigenvalue weighted by Crippen LogP contribution is 2.11. The lowest BCUT2D eigenvalue weighted by Gasteiger charge is -2.03. The van der Waals surface area contributed by atoms with Gasteiger partial charge in [-0.05, 0) is 18.6 Å². The molecule has 0 saturated carbocycles. The number of hydrogen-bond acceptors (Lipinski definition) is 3. The van der Waals surface area contributed by atoms with Gasteiger partial charge >= 0.3 is 5.97 Å². The molecular formula is C13H12O3. The highest BCUT2D eigenvalue weighted by Gasteiger charge is 2.13. The summed E-state index contributed by atoms with van der Waals surface area (Å²) in [5, 5.41) is 0. The van der Waals surface area contributed by atoms with Gasteiger partial charge in [-0.3, -0.25) is 0 Å². The van der Waals surface area contributed by atoms with Crippen molar-refractivity contribution in [2.45, 2.75) is 13.5 Å². The molecule has 0 bridgehead atoms. The SMILES string of the molecule is Cc1ccoc1C(=O)OCc1ccccc1. The molecular weight excluding hydrogens is 204 g/mol. The van der Waals surface area contributed by atoms with E-state index in [0.29, 0.717) is 0 Å². The Morgan fingerprint density at radius 1 is 1.25 bits per heavy atom. The Hall–Kier alpha value is -2.03. The van der Waals surface area contributed by atoms with Gasteiger partial charge in [-0.2, -0.15) is 0 Å². The van der Waals surface area contributed by atoms with Crippen LogP contribution in [0.4, 0.5) is 0 Å². The molecule has 0 amide bonds. The fourth-order valence-electron chi connectivity index (χ4n) is 1.37. The van der Waals surface area contributed by atoms with Crippen molar-refractivity contribution in [2.24, 2.45) is 0 Å². The molecule has 1 heterocycles. The van der Waals surface area contributed by atoms with Crippen LogP contribution in [0.2, 0.25) is 0 Å². The molecule has 3 heteroatoms. The number of carbonyl (C=O) groups excluding carboxylic acids is 1. The Balaban J connectivity index is 1.97. The summed E-state index contributed by atoms with van der Waals surface area (Å²) in [6, 6.07) is 11.3. The van der Waals surface area contributed by atoms with E-state index in [-0.39, 0.29) is 12.4 Å². The third-order valence-corrected chi connectivity index (χ3v) is 2.26. The van der Waals surface area contributed by atoms with Gasteiger partial charge < -0.3 is 9.15 Å². The van der Waals surface area contributed by atoms with E-state index in [1.54, 1.807) is 6.07 Å². The number of carbonyl (C=O) groups is 1. The molecule has 0 N–H and O–H groups in total.